The molecule has 0 saturated heterocycles. The fourth-order valence-corrected chi connectivity index (χ4v) is 4.86. The summed E-state index contributed by atoms with van der Waals surface area (Å²) in [6.45, 7) is 25.5. The molecule has 0 aliphatic heterocycles. The van der Waals surface area contributed by atoms with Crippen LogP contribution in [0.25, 0.3) is 0 Å². The molecule has 0 bridgehead atoms. The minimum Gasteiger partial charge on any atom is -0.373 e. The topological polar surface area (TPSA) is 36.9 Å². The molecule has 0 heterocycles. The average Bonchev–Trinajstić information content (AvgIpc) is 3.34. The molecule has 228 valence electrons. The normalized spacial score (nSPS) is 21.8. The van der Waals surface area contributed by atoms with Gasteiger partial charge in [0.1, 0.15) is 0 Å². The summed E-state index contributed by atoms with van der Waals surface area (Å²) in [6.07, 6.45) is 20.7. The van der Waals surface area contributed by atoms with Gasteiger partial charge < -0.3 is 18.9 Å². The van der Waals surface area contributed by atoms with Crippen molar-refractivity contribution in [3.8, 4) is 0 Å². The summed E-state index contributed by atoms with van der Waals surface area (Å²) in [6, 6.07) is 0. The smallest absolute Gasteiger partial charge is 0.0602 e. The summed E-state index contributed by atoms with van der Waals surface area (Å²) < 4.78 is 22.9. The number of rotatable bonds is 4. The van der Waals surface area contributed by atoms with Crippen LogP contribution in [0.2, 0.25) is 0 Å². The van der Waals surface area contributed by atoms with Gasteiger partial charge in [0.05, 0.1) is 46.8 Å². The van der Waals surface area contributed by atoms with E-state index in [1.807, 2.05) is 0 Å². The molecule has 0 spiro atoms. The molecule has 0 aromatic rings. The van der Waals surface area contributed by atoms with E-state index in [2.05, 4.69) is 83.1 Å². The monoisotopic (exact) mass is 541 g/mol. The van der Waals surface area contributed by atoms with Gasteiger partial charge in [-0.3, -0.25) is 0 Å². The minimum absolute atomic E-state index is 0.0575. The SMILES string of the molecule is CC(C)(C)OC1CC1.CC(C)(C)OC1CCC1.CC(C)(C)OC1CCCC1.CC(C)(C)OC1CCCCC1. The maximum Gasteiger partial charge on any atom is 0.0602 e. The maximum atomic E-state index is 5.88. The van der Waals surface area contributed by atoms with Crippen molar-refractivity contribution >= 4 is 0 Å². The highest BCUT2D eigenvalue weighted by Crippen LogP contribution is 2.29. The van der Waals surface area contributed by atoms with Gasteiger partial charge in [-0.25, -0.2) is 0 Å². The minimum atomic E-state index is 0.0575. The second-order valence-corrected chi connectivity index (χ2v) is 15.8. The van der Waals surface area contributed by atoms with E-state index in [0.717, 1.165) is 0 Å². The van der Waals surface area contributed by atoms with Crippen LogP contribution in [0.3, 0.4) is 0 Å². The molecule has 0 N–H and O–H groups in total. The highest BCUT2D eigenvalue weighted by atomic mass is 16.5. The fraction of sp³-hybridized carbons (Fsp3) is 1.00. The van der Waals surface area contributed by atoms with Crippen molar-refractivity contribution in [1.82, 2.24) is 0 Å². The van der Waals surface area contributed by atoms with Crippen molar-refractivity contribution in [2.24, 2.45) is 0 Å². The van der Waals surface area contributed by atoms with Gasteiger partial charge in [-0.1, -0.05) is 32.1 Å². The van der Waals surface area contributed by atoms with Gasteiger partial charge in [0.2, 0.25) is 0 Å². The zero-order chi connectivity index (χ0) is 29.0. The lowest BCUT2D eigenvalue weighted by Crippen LogP contribution is -2.31. The van der Waals surface area contributed by atoms with Gasteiger partial charge in [-0.05, 0) is 141 Å². The van der Waals surface area contributed by atoms with E-state index in [1.54, 1.807) is 0 Å². The first-order chi connectivity index (χ1) is 17.3. The van der Waals surface area contributed by atoms with Gasteiger partial charge in [0, 0.05) is 0 Å². The lowest BCUT2D eigenvalue weighted by Gasteiger charge is -2.32. The Bertz CT molecular complexity index is 582. The quantitative estimate of drug-likeness (QED) is 0.355. The second kappa shape index (κ2) is 16.3. The Kier molecular flexibility index (Phi) is 15.4. The standard InChI is InChI=1S/C10H20O.C9H18O.C8H16O.C7H14O/c1-10(2,3)11-9-7-5-4-6-8-9;1-9(2,3)10-8-6-4-5-7-8;1-8(2,3)9-7-5-4-6-7;1-7(2,3)8-6-4-5-6/h9H,4-8H2,1-3H3;8H,4-7H2,1-3H3;7H,4-6H2,1-3H3;6H,4-5H2,1-3H3. The predicted octanol–water partition coefficient (Wildman–Crippen LogP) is 10.2. The van der Waals surface area contributed by atoms with Crippen LogP contribution in [0.1, 0.15) is 173 Å². The number of ether oxygens (including phenoxy) is 4. The summed E-state index contributed by atoms with van der Waals surface area (Å²) in [5, 5.41) is 0. The Hall–Kier alpha value is -0.160. The number of hydrogen-bond donors (Lipinski definition) is 0. The first-order valence-corrected chi connectivity index (χ1v) is 16.0. The van der Waals surface area contributed by atoms with Crippen molar-refractivity contribution in [3.05, 3.63) is 0 Å². The lowest BCUT2D eigenvalue weighted by atomic mass is 9.95. The van der Waals surface area contributed by atoms with Crippen molar-refractivity contribution in [1.29, 1.82) is 0 Å². The van der Waals surface area contributed by atoms with Crippen molar-refractivity contribution in [2.45, 2.75) is 220 Å². The zero-order valence-electron chi connectivity index (χ0n) is 27.8. The van der Waals surface area contributed by atoms with E-state index in [4.69, 9.17) is 18.9 Å². The van der Waals surface area contributed by atoms with Crippen LogP contribution in [0.4, 0.5) is 0 Å². The molecule has 0 radical (unpaired) electrons. The first kappa shape index (κ1) is 35.9. The Morgan fingerprint density at radius 3 is 0.658 bits per heavy atom. The van der Waals surface area contributed by atoms with Crippen molar-refractivity contribution < 1.29 is 18.9 Å². The Balaban J connectivity index is 0.000000255. The second-order valence-electron chi connectivity index (χ2n) is 15.8. The van der Waals surface area contributed by atoms with Crippen molar-refractivity contribution in [2.75, 3.05) is 0 Å². The summed E-state index contributed by atoms with van der Waals surface area (Å²) in [7, 11) is 0. The van der Waals surface area contributed by atoms with Crippen LogP contribution >= 0.6 is 0 Å². The van der Waals surface area contributed by atoms with Crippen LogP contribution in [-0.2, 0) is 18.9 Å². The Morgan fingerprint density at radius 2 is 0.500 bits per heavy atom. The molecule has 0 amide bonds. The van der Waals surface area contributed by atoms with Gasteiger partial charge in [-0.2, -0.15) is 0 Å². The van der Waals surface area contributed by atoms with Gasteiger partial charge in [-0.15, -0.1) is 0 Å². The molecule has 0 unspecified atom stereocenters. The van der Waals surface area contributed by atoms with Gasteiger partial charge in [0.25, 0.3) is 0 Å². The highest BCUT2D eigenvalue weighted by molar-refractivity contribution is 4.77. The maximum absolute atomic E-state index is 5.88. The third-order valence-electron chi connectivity index (χ3n) is 6.51. The summed E-state index contributed by atoms with van der Waals surface area (Å²) >= 11 is 0. The molecule has 4 aliphatic rings. The molecular formula is C34H68O4. The predicted molar refractivity (Wildman–Crippen MR) is 163 cm³/mol. The molecule has 4 aliphatic carbocycles. The van der Waals surface area contributed by atoms with E-state index in [9.17, 15) is 0 Å². The van der Waals surface area contributed by atoms with Gasteiger partial charge >= 0.3 is 0 Å². The number of hydrogen-bond acceptors (Lipinski definition) is 4. The molecule has 38 heavy (non-hydrogen) atoms. The molecule has 4 nitrogen and oxygen atoms in total. The van der Waals surface area contributed by atoms with E-state index < -0.39 is 0 Å². The van der Waals surface area contributed by atoms with Crippen LogP contribution in [0, 0.1) is 0 Å². The molecule has 4 rings (SSSR count). The molecule has 0 aromatic heterocycles. The van der Waals surface area contributed by atoms with E-state index in [-0.39, 0.29) is 22.4 Å². The van der Waals surface area contributed by atoms with Crippen LogP contribution in [0.5, 0.6) is 0 Å². The third-order valence-corrected chi connectivity index (χ3v) is 6.51. The van der Waals surface area contributed by atoms with E-state index in [1.165, 1.54) is 89.9 Å². The van der Waals surface area contributed by atoms with Gasteiger partial charge in [0.15, 0.2) is 0 Å². The Morgan fingerprint density at radius 1 is 0.289 bits per heavy atom. The summed E-state index contributed by atoms with van der Waals surface area (Å²) in [4.78, 5) is 0. The summed E-state index contributed by atoms with van der Waals surface area (Å²) in [5.74, 6) is 0. The molecule has 4 heteroatoms. The molecule has 0 atom stereocenters. The van der Waals surface area contributed by atoms with Crippen LogP contribution in [-0.4, -0.2) is 46.8 Å². The van der Waals surface area contributed by atoms with Crippen LogP contribution < -0.4 is 0 Å². The average molecular weight is 541 g/mol. The van der Waals surface area contributed by atoms with Crippen LogP contribution in [0.15, 0.2) is 0 Å². The van der Waals surface area contributed by atoms with E-state index >= 15 is 0 Å². The van der Waals surface area contributed by atoms with Crippen molar-refractivity contribution in [3.63, 3.8) is 0 Å². The molecule has 0 aromatic carbocycles. The highest BCUT2D eigenvalue weighted by Gasteiger charge is 2.27. The summed E-state index contributed by atoms with van der Waals surface area (Å²) in [5.41, 5.74) is 0.281. The molecular weight excluding hydrogens is 472 g/mol. The van der Waals surface area contributed by atoms with E-state index in [0.29, 0.717) is 24.4 Å². The fourth-order valence-electron chi connectivity index (χ4n) is 4.86. The molecule has 4 fully saturated rings. The molecule has 4 saturated carbocycles. The lowest BCUT2D eigenvalue weighted by molar-refractivity contribution is -0.0916. The zero-order valence-corrected chi connectivity index (χ0v) is 27.8. The largest absolute Gasteiger partial charge is 0.373 e. The third kappa shape index (κ3) is 22.6. The first-order valence-electron chi connectivity index (χ1n) is 16.0. The Labute approximate surface area is 238 Å².